The number of aryl methyl sites for hydroxylation is 2. The monoisotopic (exact) mass is 262 g/mol. The molecule has 0 saturated heterocycles. The summed E-state index contributed by atoms with van der Waals surface area (Å²) in [6.07, 6.45) is 0.631. The number of aliphatic hydroxyl groups excluding tert-OH is 1. The molecule has 0 radical (unpaired) electrons. The molecule has 3 N–H and O–H groups in total. The topological polar surface area (TPSA) is 59.1 Å². The third kappa shape index (κ3) is 2.96. The predicted octanol–water partition coefficient (Wildman–Crippen LogP) is 2.29. The molecular formula is C14H18N2OS. The standard InChI is InChI=1S/C14H18N2OS/c1-9-3-4-11(5-10(9)2)13-8-18-14(16-13)6-12(15)7-17/h3-5,8,12,17H,6-7,15H2,1-2H3. The minimum atomic E-state index is -0.219. The Hall–Kier alpha value is -1.23. The summed E-state index contributed by atoms with van der Waals surface area (Å²) in [4.78, 5) is 4.57. The fourth-order valence-electron chi connectivity index (χ4n) is 1.73. The zero-order chi connectivity index (χ0) is 13.1. The first-order chi connectivity index (χ1) is 8.60. The Kier molecular flexibility index (Phi) is 4.11. The van der Waals surface area contributed by atoms with Crippen molar-refractivity contribution in [2.75, 3.05) is 6.61 Å². The summed E-state index contributed by atoms with van der Waals surface area (Å²) in [5, 5.41) is 12.0. The second-order valence-corrected chi connectivity index (χ2v) is 5.51. The Labute approximate surface area is 111 Å². The van der Waals surface area contributed by atoms with Gasteiger partial charge in [0.2, 0.25) is 0 Å². The molecule has 0 amide bonds. The van der Waals surface area contributed by atoms with E-state index in [1.165, 1.54) is 11.1 Å². The molecule has 2 rings (SSSR count). The number of hydrogen-bond acceptors (Lipinski definition) is 4. The Morgan fingerprint density at radius 2 is 2.11 bits per heavy atom. The van der Waals surface area contributed by atoms with Gasteiger partial charge in [0.15, 0.2) is 0 Å². The van der Waals surface area contributed by atoms with E-state index in [0.717, 1.165) is 16.3 Å². The van der Waals surface area contributed by atoms with Gasteiger partial charge in [-0.3, -0.25) is 0 Å². The lowest BCUT2D eigenvalue weighted by molar-refractivity contribution is 0.265. The molecule has 0 aliphatic rings. The van der Waals surface area contributed by atoms with E-state index in [9.17, 15) is 0 Å². The summed E-state index contributed by atoms with van der Waals surface area (Å²) < 4.78 is 0. The van der Waals surface area contributed by atoms with Crippen molar-refractivity contribution in [3.8, 4) is 11.3 Å². The lowest BCUT2D eigenvalue weighted by Gasteiger charge is -2.04. The van der Waals surface area contributed by atoms with E-state index in [4.69, 9.17) is 10.8 Å². The summed E-state index contributed by atoms with van der Waals surface area (Å²) in [7, 11) is 0. The van der Waals surface area contributed by atoms with Crippen molar-refractivity contribution >= 4 is 11.3 Å². The molecule has 1 unspecified atom stereocenters. The van der Waals surface area contributed by atoms with Crippen LogP contribution in [0.25, 0.3) is 11.3 Å². The molecule has 0 aliphatic heterocycles. The van der Waals surface area contributed by atoms with Gasteiger partial charge < -0.3 is 10.8 Å². The number of benzene rings is 1. The van der Waals surface area contributed by atoms with Gasteiger partial charge in [0, 0.05) is 23.4 Å². The molecule has 0 fully saturated rings. The van der Waals surface area contributed by atoms with E-state index in [1.54, 1.807) is 11.3 Å². The van der Waals surface area contributed by atoms with Crippen LogP contribution in [0, 0.1) is 13.8 Å². The maximum atomic E-state index is 8.94. The fraction of sp³-hybridized carbons (Fsp3) is 0.357. The molecule has 0 aliphatic carbocycles. The second-order valence-electron chi connectivity index (χ2n) is 4.57. The molecular weight excluding hydrogens is 244 g/mol. The number of nitrogens with zero attached hydrogens (tertiary/aromatic N) is 1. The van der Waals surface area contributed by atoms with Gasteiger partial charge in [0.05, 0.1) is 17.3 Å². The minimum Gasteiger partial charge on any atom is -0.395 e. The van der Waals surface area contributed by atoms with Gasteiger partial charge in [-0.1, -0.05) is 12.1 Å². The summed E-state index contributed by atoms with van der Waals surface area (Å²) >= 11 is 1.60. The maximum Gasteiger partial charge on any atom is 0.0948 e. The van der Waals surface area contributed by atoms with Gasteiger partial charge >= 0.3 is 0 Å². The lowest BCUT2D eigenvalue weighted by Crippen LogP contribution is -2.26. The number of thiazole rings is 1. The molecule has 18 heavy (non-hydrogen) atoms. The quantitative estimate of drug-likeness (QED) is 0.888. The van der Waals surface area contributed by atoms with E-state index in [-0.39, 0.29) is 12.6 Å². The highest BCUT2D eigenvalue weighted by atomic mass is 32.1. The Balaban J connectivity index is 2.21. The summed E-state index contributed by atoms with van der Waals surface area (Å²) in [6.45, 7) is 4.21. The SMILES string of the molecule is Cc1ccc(-c2csc(CC(N)CO)n2)cc1C. The van der Waals surface area contributed by atoms with Crippen molar-refractivity contribution in [2.24, 2.45) is 5.73 Å². The highest BCUT2D eigenvalue weighted by Crippen LogP contribution is 2.24. The summed E-state index contributed by atoms with van der Waals surface area (Å²) in [5.74, 6) is 0. The van der Waals surface area contributed by atoms with Crippen molar-refractivity contribution in [3.63, 3.8) is 0 Å². The first kappa shape index (κ1) is 13.2. The van der Waals surface area contributed by atoms with Gasteiger partial charge in [0.25, 0.3) is 0 Å². The van der Waals surface area contributed by atoms with E-state index < -0.39 is 0 Å². The van der Waals surface area contributed by atoms with Crippen LogP contribution in [0.1, 0.15) is 16.1 Å². The lowest BCUT2D eigenvalue weighted by atomic mass is 10.1. The summed E-state index contributed by atoms with van der Waals surface area (Å²) in [6, 6.07) is 6.14. The Morgan fingerprint density at radius 3 is 2.78 bits per heavy atom. The maximum absolute atomic E-state index is 8.94. The van der Waals surface area contributed by atoms with Crippen molar-refractivity contribution in [1.82, 2.24) is 4.98 Å². The van der Waals surface area contributed by atoms with Crippen molar-refractivity contribution in [3.05, 3.63) is 39.7 Å². The molecule has 1 aromatic carbocycles. The van der Waals surface area contributed by atoms with Gasteiger partial charge in [-0.25, -0.2) is 4.98 Å². The highest BCUT2D eigenvalue weighted by molar-refractivity contribution is 7.09. The van der Waals surface area contributed by atoms with Gasteiger partial charge in [-0.2, -0.15) is 0 Å². The molecule has 1 aromatic heterocycles. The second kappa shape index (κ2) is 5.61. The molecule has 1 atom stereocenters. The van der Waals surface area contributed by atoms with Crippen LogP contribution in [-0.2, 0) is 6.42 Å². The normalized spacial score (nSPS) is 12.7. The Morgan fingerprint density at radius 1 is 1.33 bits per heavy atom. The number of nitrogens with two attached hydrogens (primary N) is 1. The van der Waals surface area contributed by atoms with Crippen molar-refractivity contribution in [1.29, 1.82) is 0 Å². The van der Waals surface area contributed by atoms with E-state index in [2.05, 4.69) is 37.0 Å². The van der Waals surface area contributed by atoms with Crippen LogP contribution in [-0.4, -0.2) is 22.7 Å². The van der Waals surface area contributed by atoms with Crippen LogP contribution in [0.3, 0.4) is 0 Å². The zero-order valence-electron chi connectivity index (χ0n) is 10.7. The van der Waals surface area contributed by atoms with E-state index >= 15 is 0 Å². The molecule has 0 bridgehead atoms. The molecule has 96 valence electrons. The van der Waals surface area contributed by atoms with Crippen molar-refractivity contribution < 1.29 is 5.11 Å². The zero-order valence-corrected chi connectivity index (χ0v) is 11.5. The van der Waals surface area contributed by atoms with Gasteiger partial charge in [-0.15, -0.1) is 11.3 Å². The van der Waals surface area contributed by atoms with Crippen LogP contribution >= 0.6 is 11.3 Å². The predicted molar refractivity (Wildman–Crippen MR) is 75.8 cm³/mol. The number of aromatic nitrogens is 1. The van der Waals surface area contributed by atoms with Crippen LogP contribution in [0.2, 0.25) is 0 Å². The van der Waals surface area contributed by atoms with Gasteiger partial charge in [-0.05, 0) is 31.0 Å². The summed E-state index contributed by atoms with van der Waals surface area (Å²) in [5.41, 5.74) is 10.4. The molecule has 0 spiro atoms. The average molecular weight is 262 g/mol. The molecule has 0 saturated carbocycles. The number of aliphatic hydroxyl groups is 1. The van der Waals surface area contributed by atoms with Crippen molar-refractivity contribution in [2.45, 2.75) is 26.3 Å². The first-order valence-corrected chi connectivity index (χ1v) is 6.86. The van der Waals surface area contributed by atoms with Crippen LogP contribution < -0.4 is 5.73 Å². The van der Waals surface area contributed by atoms with Crippen LogP contribution in [0.5, 0.6) is 0 Å². The molecule has 2 aromatic rings. The number of hydrogen-bond donors (Lipinski definition) is 2. The third-order valence-corrected chi connectivity index (χ3v) is 3.90. The van der Waals surface area contributed by atoms with E-state index in [1.807, 2.05) is 5.38 Å². The van der Waals surface area contributed by atoms with E-state index in [0.29, 0.717) is 6.42 Å². The first-order valence-electron chi connectivity index (χ1n) is 5.98. The minimum absolute atomic E-state index is 0.00144. The number of rotatable bonds is 4. The Bertz CT molecular complexity index is 536. The van der Waals surface area contributed by atoms with Crippen LogP contribution in [0.4, 0.5) is 0 Å². The molecule has 1 heterocycles. The average Bonchev–Trinajstić information content (AvgIpc) is 2.81. The largest absolute Gasteiger partial charge is 0.395 e. The molecule has 3 nitrogen and oxygen atoms in total. The van der Waals surface area contributed by atoms with Gasteiger partial charge in [0.1, 0.15) is 0 Å². The van der Waals surface area contributed by atoms with Crippen LogP contribution in [0.15, 0.2) is 23.6 Å². The highest BCUT2D eigenvalue weighted by Gasteiger charge is 2.08. The smallest absolute Gasteiger partial charge is 0.0948 e. The molecule has 4 heteroatoms. The third-order valence-electron chi connectivity index (χ3n) is 3.03. The fourth-order valence-corrected chi connectivity index (χ4v) is 2.62.